The van der Waals surface area contributed by atoms with E-state index in [0.29, 0.717) is 6.54 Å². The standard InChI is InChI=1S/C17H22FN3/c1-3-15(19)17(16-9-4-5-10-20-16)21(2)12-13-7-6-8-14(18)11-13/h4-11,15,17H,3,12,19H2,1-2H3. The zero-order valence-corrected chi connectivity index (χ0v) is 12.5. The molecule has 2 rings (SSSR count). The smallest absolute Gasteiger partial charge is 0.123 e. The maximum atomic E-state index is 13.3. The fourth-order valence-corrected chi connectivity index (χ4v) is 2.57. The lowest BCUT2D eigenvalue weighted by molar-refractivity contribution is 0.197. The van der Waals surface area contributed by atoms with E-state index in [1.807, 2.05) is 31.3 Å². The van der Waals surface area contributed by atoms with E-state index in [4.69, 9.17) is 5.73 Å². The van der Waals surface area contributed by atoms with Gasteiger partial charge in [-0.25, -0.2) is 4.39 Å². The van der Waals surface area contributed by atoms with E-state index in [-0.39, 0.29) is 17.9 Å². The SMILES string of the molecule is CCC(N)C(c1ccccn1)N(C)Cc1cccc(F)c1. The Morgan fingerprint density at radius 2 is 2.05 bits per heavy atom. The van der Waals surface area contributed by atoms with E-state index in [2.05, 4.69) is 16.8 Å². The predicted molar refractivity (Wildman–Crippen MR) is 83.1 cm³/mol. The second-order valence-electron chi connectivity index (χ2n) is 5.32. The van der Waals surface area contributed by atoms with Gasteiger partial charge in [0.2, 0.25) is 0 Å². The number of halogens is 1. The van der Waals surface area contributed by atoms with Crippen molar-refractivity contribution in [1.82, 2.24) is 9.88 Å². The van der Waals surface area contributed by atoms with Gasteiger partial charge >= 0.3 is 0 Å². The second-order valence-corrected chi connectivity index (χ2v) is 5.32. The molecule has 21 heavy (non-hydrogen) atoms. The number of rotatable bonds is 6. The van der Waals surface area contributed by atoms with Crippen LogP contribution >= 0.6 is 0 Å². The zero-order valence-electron chi connectivity index (χ0n) is 12.5. The monoisotopic (exact) mass is 287 g/mol. The number of hydrogen-bond donors (Lipinski definition) is 1. The first-order valence-corrected chi connectivity index (χ1v) is 7.23. The largest absolute Gasteiger partial charge is 0.326 e. The Balaban J connectivity index is 2.20. The van der Waals surface area contributed by atoms with Crippen LogP contribution in [0.15, 0.2) is 48.7 Å². The van der Waals surface area contributed by atoms with Crippen LogP contribution in [0.3, 0.4) is 0 Å². The Labute approximate surface area is 125 Å². The minimum Gasteiger partial charge on any atom is -0.326 e. The van der Waals surface area contributed by atoms with Gasteiger partial charge in [0.15, 0.2) is 0 Å². The minimum atomic E-state index is -0.213. The molecule has 1 heterocycles. The molecule has 0 fully saturated rings. The summed E-state index contributed by atoms with van der Waals surface area (Å²) >= 11 is 0. The fourth-order valence-electron chi connectivity index (χ4n) is 2.57. The molecule has 2 atom stereocenters. The summed E-state index contributed by atoms with van der Waals surface area (Å²) in [6, 6.07) is 12.5. The molecular weight excluding hydrogens is 265 g/mol. The second kappa shape index (κ2) is 7.29. The molecule has 0 saturated heterocycles. The molecule has 2 N–H and O–H groups in total. The van der Waals surface area contributed by atoms with Crippen LogP contribution in [0.2, 0.25) is 0 Å². The highest BCUT2D eigenvalue weighted by Gasteiger charge is 2.24. The summed E-state index contributed by atoms with van der Waals surface area (Å²) in [4.78, 5) is 6.56. The Hall–Kier alpha value is -1.78. The number of likely N-dealkylation sites (N-methyl/N-ethyl adjacent to an activating group) is 1. The van der Waals surface area contributed by atoms with E-state index in [9.17, 15) is 4.39 Å². The summed E-state index contributed by atoms with van der Waals surface area (Å²) < 4.78 is 13.3. The first-order valence-electron chi connectivity index (χ1n) is 7.23. The highest BCUT2D eigenvalue weighted by molar-refractivity contribution is 5.17. The van der Waals surface area contributed by atoms with E-state index >= 15 is 0 Å². The van der Waals surface area contributed by atoms with Gasteiger partial charge in [-0.15, -0.1) is 0 Å². The Morgan fingerprint density at radius 1 is 1.24 bits per heavy atom. The van der Waals surface area contributed by atoms with Gasteiger partial charge in [0, 0.05) is 18.8 Å². The molecule has 0 amide bonds. The van der Waals surface area contributed by atoms with Crippen molar-refractivity contribution in [2.75, 3.05) is 7.05 Å². The van der Waals surface area contributed by atoms with Gasteiger partial charge in [0.05, 0.1) is 11.7 Å². The third-order valence-electron chi connectivity index (χ3n) is 3.66. The topological polar surface area (TPSA) is 42.1 Å². The molecule has 3 nitrogen and oxygen atoms in total. The number of nitrogens with zero attached hydrogens (tertiary/aromatic N) is 2. The summed E-state index contributed by atoms with van der Waals surface area (Å²) in [5, 5.41) is 0. The van der Waals surface area contributed by atoms with Gasteiger partial charge in [-0.1, -0.05) is 25.1 Å². The number of benzene rings is 1. The first kappa shape index (κ1) is 15.6. The molecule has 0 radical (unpaired) electrons. The molecule has 4 heteroatoms. The number of pyridine rings is 1. The molecule has 2 aromatic rings. The minimum absolute atomic E-state index is 0.0134. The van der Waals surface area contributed by atoms with Crippen molar-refractivity contribution in [3.8, 4) is 0 Å². The predicted octanol–water partition coefficient (Wildman–Crippen LogP) is 3.13. The lowest BCUT2D eigenvalue weighted by Crippen LogP contribution is -2.39. The number of aromatic nitrogens is 1. The fraction of sp³-hybridized carbons (Fsp3) is 0.353. The van der Waals surface area contributed by atoms with Crippen LogP contribution < -0.4 is 5.73 Å². The average Bonchev–Trinajstić information content (AvgIpc) is 2.48. The molecule has 1 aromatic heterocycles. The van der Waals surface area contributed by atoms with Crippen LogP contribution in [0.1, 0.15) is 30.6 Å². The summed E-state index contributed by atoms with van der Waals surface area (Å²) in [6.07, 6.45) is 2.63. The molecule has 0 aliphatic carbocycles. The highest BCUT2D eigenvalue weighted by Crippen LogP contribution is 2.23. The van der Waals surface area contributed by atoms with E-state index in [0.717, 1.165) is 17.7 Å². The summed E-state index contributed by atoms with van der Waals surface area (Å²) in [6.45, 7) is 2.70. The summed E-state index contributed by atoms with van der Waals surface area (Å²) in [5.41, 5.74) is 8.16. The third-order valence-corrected chi connectivity index (χ3v) is 3.66. The van der Waals surface area contributed by atoms with Crippen molar-refractivity contribution in [1.29, 1.82) is 0 Å². The van der Waals surface area contributed by atoms with Crippen LogP contribution in [0, 0.1) is 5.82 Å². The molecule has 1 aromatic carbocycles. The molecule has 0 bridgehead atoms. The van der Waals surface area contributed by atoms with Crippen molar-refractivity contribution in [2.45, 2.75) is 32.0 Å². The van der Waals surface area contributed by atoms with Crippen LogP contribution in [0.5, 0.6) is 0 Å². The van der Waals surface area contributed by atoms with Gasteiger partial charge in [-0.3, -0.25) is 9.88 Å². The van der Waals surface area contributed by atoms with Gasteiger partial charge in [0.1, 0.15) is 5.82 Å². The molecular formula is C17H22FN3. The van der Waals surface area contributed by atoms with Crippen molar-refractivity contribution in [2.24, 2.45) is 5.73 Å². The van der Waals surface area contributed by atoms with Crippen molar-refractivity contribution < 1.29 is 4.39 Å². The molecule has 0 aliphatic heterocycles. The van der Waals surface area contributed by atoms with Crippen LogP contribution in [-0.2, 0) is 6.54 Å². The summed E-state index contributed by atoms with van der Waals surface area (Å²) in [7, 11) is 2.00. The quantitative estimate of drug-likeness (QED) is 0.887. The summed E-state index contributed by atoms with van der Waals surface area (Å²) in [5.74, 6) is -0.213. The van der Waals surface area contributed by atoms with Crippen LogP contribution in [-0.4, -0.2) is 23.0 Å². The van der Waals surface area contributed by atoms with E-state index < -0.39 is 0 Å². The number of nitrogens with two attached hydrogens (primary N) is 1. The first-order chi connectivity index (χ1) is 10.1. The van der Waals surface area contributed by atoms with E-state index in [1.54, 1.807) is 18.3 Å². The zero-order chi connectivity index (χ0) is 15.2. The molecule has 0 saturated carbocycles. The van der Waals surface area contributed by atoms with Crippen LogP contribution in [0.25, 0.3) is 0 Å². The Kier molecular flexibility index (Phi) is 5.42. The Bertz CT molecular complexity index is 559. The lowest BCUT2D eigenvalue weighted by Gasteiger charge is -2.32. The van der Waals surface area contributed by atoms with Gasteiger partial charge in [-0.2, -0.15) is 0 Å². The average molecular weight is 287 g/mol. The van der Waals surface area contributed by atoms with Crippen molar-refractivity contribution >= 4 is 0 Å². The Morgan fingerprint density at radius 3 is 2.67 bits per heavy atom. The molecule has 112 valence electrons. The van der Waals surface area contributed by atoms with Gasteiger partial charge in [0.25, 0.3) is 0 Å². The van der Waals surface area contributed by atoms with Crippen LogP contribution in [0.4, 0.5) is 4.39 Å². The maximum absolute atomic E-state index is 13.3. The maximum Gasteiger partial charge on any atom is 0.123 e. The number of hydrogen-bond acceptors (Lipinski definition) is 3. The van der Waals surface area contributed by atoms with E-state index in [1.165, 1.54) is 6.07 Å². The lowest BCUT2D eigenvalue weighted by atomic mass is 10.0. The normalized spacial score (nSPS) is 14.1. The van der Waals surface area contributed by atoms with Crippen molar-refractivity contribution in [3.63, 3.8) is 0 Å². The van der Waals surface area contributed by atoms with Gasteiger partial charge in [-0.05, 0) is 43.3 Å². The molecule has 0 spiro atoms. The van der Waals surface area contributed by atoms with Crippen molar-refractivity contribution in [3.05, 3.63) is 65.7 Å². The molecule has 0 aliphatic rings. The highest BCUT2D eigenvalue weighted by atomic mass is 19.1. The van der Waals surface area contributed by atoms with Gasteiger partial charge < -0.3 is 5.73 Å². The third kappa shape index (κ3) is 4.09. The molecule has 2 unspecified atom stereocenters.